The van der Waals surface area contributed by atoms with Crippen molar-refractivity contribution in [1.29, 1.82) is 0 Å². The van der Waals surface area contributed by atoms with Crippen molar-refractivity contribution in [3.8, 4) is 0 Å². The van der Waals surface area contributed by atoms with Gasteiger partial charge in [0.05, 0.1) is 12.6 Å². The van der Waals surface area contributed by atoms with E-state index in [4.69, 9.17) is 16.3 Å². The fraction of sp³-hybridized carbons (Fsp3) is 0.538. The highest BCUT2D eigenvalue weighted by atomic mass is 35.5. The van der Waals surface area contributed by atoms with Crippen molar-refractivity contribution in [1.82, 2.24) is 0 Å². The first-order valence-corrected chi connectivity index (χ1v) is 6.22. The second-order valence-corrected chi connectivity index (χ2v) is 4.65. The molecule has 88 valence electrons. The zero-order valence-corrected chi connectivity index (χ0v) is 10.6. The quantitative estimate of drug-likeness (QED) is 0.752. The number of anilines is 1. The van der Waals surface area contributed by atoms with E-state index in [9.17, 15) is 0 Å². The third kappa shape index (κ3) is 2.33. The van der Waals surface area contributed by atoms with Crippen molar-refractivity contribution in [3.05, 3.63) is 29.3 Å². The third-order valence-electron chi connectivity index (χ3n) is 3.25. The van der Waals surface area contributed by atoms with Gasteiger partial charge in [0.2, 0.25) is 0 Å². The Labute approximate surface area is 102 Å². The summed E-state index contributed by atoms with van der Waals surface area (Å²) in [6.07, 6.45) is 1.12. The van der Waals surface area contributed by atoms with Crippen molar-refractivity contribution >= 4 is 17.3 Å². The molecule has 1 heterocycles. The average molecular weight is 240 g/mol. The Morgan fingerprint density at radius 1 is 1.50 bits per heavy atom. The van der Waals surface area contributed by atoms with E-state index in [1.807, 2.05) is 0 Å². The topological polar surface area (TPSA) is 12.5 Å². The first kappa shape index (κ1) is 11.7. The zero-order chi connectivity index (χ0) is 11.5. The lowest BCUT2D eigenvalue weighted by Gasteiger charge is -2.27. The monoisotopic (exact) mass is 239 g/mol. The van der Waals surface area contributed by atoms with Crippen LogP contribution in [0.2, 0.25) is 0 Å². The van der Waals surface area contributed by atoms with Gasteiger partial charge in [0.1, 0.15) is 0 Å². The molecule has 1 fully saturated rings. The summed E-state index contributed by atoms with van der Waals surface area (Å²) in [5.41, 5.74) is 3.75. The first-order chi connectivity index (χ1) is 7.72. The molecular formula is C13H18ClNO. The Morgan fingerprint density at radius 3 is 2.88 bits per heavy atom. The summed E-state index contributed by atoms with van der Waals surface area (Å²) in [6.45, 7) is 3.86. The van der Waals surface area contributed by atoms with Crippen LogP contribution < -0.4 is 4.90 Å². The summed E-state index contributed by atoms with van der Waals surface area (Å²) in [7, 11) is 2.14. The van der Waals surface area contributed by atoms with Gasteiger partial charge in [-0.15, -0.1) is 11.6 Å². The van der Waals surface area contributed by atoms with Gasteiger partial charge in [-0.1, -0.05) is 12.1 Å². The lowest BCUT2D eigenvalue weighted by molar-refractivity contribution is 0.193. The number of nitrogens with zero attached hydrogens (tertiary/aromatic N) is 1. The Bertz CT molecular complexity index is 361. The largest absolute Gasteiger partial charge is 0.379 e. The van der Waals surface area contributed by atoms with Crippen LogP contribution in [-0.4, -0.2) is 26.3 Å². The van der Waals surface area contributed by atoms with Gasteiger partial charge in [-0.25, -0.2) is 0 Å². The van der Waals surface area contributed by atoms with Crippen LogP contribution in [0.3, 0.4) is 0 Å². The van der Waals surface area contributed by atoms with Gasteiger partial charge in [-0.3, -0.25) is 0 Å². The SMILES string of the molecule is Cc1cc(CCl)ccc1N(C)C1CCOC1. The molecule has 1 unspecified atom stereocenters. The van der Waals surface area contributed by atoms with E-state index < -0.39 is 0 Å². The molecule has 0 spiro atoms. The summed E-state index contributed by atoms with van der Waals surface area (Å²) in [5.74, 6) is 0.581. The van der Waals surface area contributed by atoms with E-state index in [2.05, 4.69) is 37.1 Å². The molecule has 1 atom stereocenters. The van der Waals surface area contributed by atoms with Crippen LogP contribution in [0.4, 0.5) is 5.69 Å². The van der Waals surface area contributed by atoms with Gasteiger partial charge in [-0.2, -0.15) is 0 Å². The molecule has 3 heteroatoms. The van der Waals surface area contributed by atoms with Crippen molar-refractivity contribution in [2.45, 2.75) is 25.3 Å². The number of likely N-dealkylation sites (N-methyl/N-ethyl adjacent to an activating group) is 1. The van der Waals surface area contributed by atoms with Crippen LogP contribution in [0.1, 0.15) is 17.5 Å². The number of ether oxygens (including phenoxy) is 1. The van der Waals surface area contributed by atoms with Crippen LogP contribution in [0.5, 0.6) is 0 Å². The molecule has 0 aromatic heterocycles. The molecule has 0 bridgehead atoms. The third-order valence-corrected chi connectivity index (χ3v) is 3.56. The van der Waals surface area contributed by atoms with Crippen LogP contribution >= 0.6 is 11.6 Å². The Kier molecular flexibility index (Phi) is 3.72. The van der Waals surface area contributed by atoms with E-state index in [-0.39, 0.29) is 0 Å². The van der Waals surface area contributed by atoms with Gasteiger partial charge in [-0.05, 0) is 30.5 Å². The van der Waals surface area contributed by atoms with Crippen LogP contribution in [0.15, 0.2) is 18.2 Å². The van der Waals surface area contributed by atoms with Gasteiger partial charge >= 0.3 is 0 Å². The van der Waals surface area contributed by atoms with Crippen LogP contribution in [-0.2, 0) is 10.6 Å². The number of rotatable bonds is 3. The highest BCUT2D eigenvalue weighted by molar-refractivity contribution is 6.17. The lowest BCUT2D eigenvalue weighted by atomic mass is 10.1. The number of alkyl halides is 1. The van der Waals surface area contributed by atoms with E-state index in [0.29, 0.717) is 11.9 Å². The average Bonchev–Trinajstić information content (AvgIpc) is 2.81. The maximum atomic E-state index is 5.82. The van der Waals surface area contributed by atoms with E-state index in [1.165, 1.54) is 16.8 Å². The summed E-state index contributed by atoms with van der Waals surface area (Å²) in [4.78, 5) is 2.32. The Morgan fingerprint density at radius 2 is 2.31 bits per heavy atom. The number of aryl methyl sites for hydroxylation is 1. The highest BCUT2D eigenvalue weighted by Gasteiger charge is 2.21. The van der Waals surface area contributed by atoms with Crippen molar-refractivity contribution in [3.63, 3.8) is 0 Å². The molecule has 1 aromatic carbocycles. The molecule has 1 aliphatic heterocycles. The molecule has 0 radical (unpaired) electrons. The van der Waals surface area contributed by atoms with Gasteiger partial charge in [0, 0.05) is 25.2 Å². The minimum atomic E-state index is 0.514. The van der Waals surface area contributed by atoms with E-state index in [0.717, 1.165) is 19.6 Å². The standard InChI is InChI=1S/C13H18ClNO/c1-10-7-11(8-14)3-4-13(10)15(2)12-5-6-16-9-12/h3-4,7,12H,5-6,8-9H2,1-2H3. The zero-order valence-electron chi connectivity index (χ0n) is 9.87. The van der Waals surface area contributed by atoms with Gasteiger partial charge in [0.25, 0.3) is 0 Å². The maximum Gasteiger partial charge on any atom is 0.0670 e. The molecule has 1 saturated heterocycles. The molecule has 2 nitrogen and oxygen atoms in total. The highest BCUT2D eigenvalue weighted by Crippen LogP contribution is 2.25. The molecule has 0 amide bonds. The van der Waals surface area contributed by atoms with Crippen molar-refractivity contribution in [2.75, 3.05) is 25.2 Å². The van der Waals surface area contributed by atoms with Crippen molar-refractivity contribution in [2.24, 2.45) is 0 Å². The van der Waals surface area contributed by atoms with Crippen LogP contribution in [0, 0.1) is 6.92 Å². The predicted molar refractivity (Wildman–Crippen MR) is 68.4 cm³/mol. The van der Waals surface area contributed by atoms with Crippen LogP contribution in [0.25, 0.3) is 0 Å². The Balaban J connectivity index is 2.19. The fourth-order valence-electron chi connectivity index (χ4n) is 2.22. The lowest BCUT2D eigenvalue weighted by Crippen LogP contribution is -2.32. The minimum Gasteiger partial charge on any atom is -0.379 e. The van der Waals surface area contributed by atoms with Gasteiger partial charge < -0.3 is 9.64 Å². The molecular weight excluding hydrogens is 222 g/mol. The van der Waals surface area contributed by atoms with E-state index in [1.54, 1.807) is 0 Å². The maximum absolute atomic E-state index is 5.82. The summed E-state index contributed by atoms with van der Waals surface area (Å²) < 4.78 is 5.42. The summed E-state index contributed by atoms with van der Waals surface area (Å²) >= 11 is 5.82. The first-order valence-electron chi connectivity index (χ1n) is 5.68. The number of hydrogen-bond acceptors (Lipinski definition) is 2. The van der Waals surface area contributed by atoms with Crippen molar-refractivity contribution < 1.29 is 4.74 Å². The molecule has 1 aromatic rings. The second-order valence-electron chi connectivity index (χ2n) is 4.38. The molecule has 16 heavy (non-hydrogen) atoms. The van der Waals surface area contributed by atoms with E-state index >= 15 is 0 Å². The fourth-order valence-corrected chi connectivity index (χ4v) is 2.39. The predicted octanol–water partition coefficient (Wildman–Crippen LogP) is 2.96. The summed E-state index contributed by atoms with van der Waals surface area (Å²) in [6, 6.07) is 6.93. The Hall–Kier alpha value is -0.730. The number of hydrogen-bond donors (Lipinski definition) is 0. The molecule has 0 N–H and O–H groups in total. The minimum absolute atomic E-state index is 0.514. The smallest absolute Gasteiger partial charge is 0.0670 e. The molecule has 0 aliphatic carbocycles. The normalized spacial score (nSPS) is 20.1. The molecule has 2 rings (SSSR count). The summed E-state index contributed by atoms with van der Waals surface area (Å²) in [5, 5.41) is 0. The van der Waals surface area contributed by atoms with Gasteiger partial charge in [0.15, 0.2) is 0 Å². The second kappa shape index (κ2) is 5.07. The number of halogens is 1. The molecule has 1 aliphatic rings. The molecule has 0 saturated carbocycles. The number of benzene rings is 1.